The molecule has 0 fully saturated rings. The van der Waals surface area contributed by atoms with Crippen LogP contribution in [-0.2, 0) is 0 Å². The molecule has 2 N–H and O–H groups in total. The average Bonchev–Trinajstić information content (AvgIpc) is 2.72. The molecule has 0 spiro atoms. The van der Waals surface area contributed by atoms with E-state index in [1.807, 2.05) is 48.5 Å². The second kappa shape index (κ2) is 7.96. The van der Waals surface area contributed by atoms with Gasteiger partial charge in [0.25, 0.3) is 5.91 Å². The predicted molar refractivity (Wildman–Crippen MR) is 115 cm³/mol. The van der Waals surface area contributed by atoms with Crippen LogP contribution in [0.3, 0.4) is 0 Å². The topological polar surface area (TPSA) is 66.9 Å². The van der Waals surface area contributed by atoms with Gasteiger partial charge in [0.1, 0.15) is 0 Å². The van der Waals surface area contributed by atoms with Crippen LogP contribution >= 0.6 is 27.5 Å². The van der Waals surface area contributed by atoms with Crippen molar-refractivity contribution in [3.63, 3.8) is 0 Å². The largest absolute Gasteiger partial charge is 0.269 e. The smallest absolute Gasteiger partial charge is 0.267 e. The zero-order valence-corrected chi connectivity index (χ0v) is 16.8. The maximum absolute atomic E-state index is 12.3. The van der Waals surface area contributed by atoms with Crippen LogP contribution in [-0.4, -0.2) is 15.9 Å². The number of carbonyl (C=O) groups is 1. The van der Waals surface area contributed by atoms with Gasteiger partial charge in [-0.2, -0.15) is 0 Å². The summed E-state index contributed by atoms with van der Waals surface area (Å²) in [4.78, 5) is 21.5. The molecule has 7 heteroatoms. The van der Waals surface area contributed by atoms with E-state index in [1.54, 1.807) is 24.3 Å². The molecule has 4 aromatic rings. The van der Waals surface area contributed by atoms with Crippen LogP contribution in [0, 0.1) is 0 Å². The van der Waals surface area contributed by atoms with Crippen LogP contribution in [0.1, 0.15) is 10.4 Å². The number of rotatable bonds is 4. The van der Waals surface area contributed by atoms with E-state index in [2.05, 4.69) is 36.7 Å². The maximum Gasteiger partial charge on any atom is 0.269 e. The molecule has 0 bridgehead atoms. The van der Waals surface area contributed by atoms with E-state index in [4.69, 9.17) is 11.6 Å². The van der Waals surface area contributed by atoms with Gasteiger partial charge in [0.15, 0.2) is 0 Å². The predicted octanol–water partition coefficient (Wildman–Crippen LogP) is 5.47. The standard InChI is InChI=1S/C21H14BrClN4O/c22-15-9-10-18-17(12-15)19(13-5-2-1-3-6-13)25-21(24-18)27-26-20(28)14-7-4-8-16(23)11-14/h1-12H,(H,26,28)(H,24,25,27). The van der Waals surface area contributed by atoms with E-state index in [0.29, 0.717) is 16.5 Å². The van der Waals surface area contributed by atoms with Crippen LogP contribution in [0.4, 0.5) is 5.95 Å². The van der Waals surface area contributed by atoms with Gasteiger partial charge in [0.2, 0.25) is 5.95 Å². The van der Waals surface area contributed by atoms with Crippen LogP contribution in [0.15, 0.2) is 77.3 Å². The van der Waals surface area contributed by atoms with E-state index in [0.717, 1.165) is 26.6 Å². The Balaban J connectivity index is 1.68. The van der Waals surface area contributed by atoms with Gasteiger partial charge in [-0.15, -0.1) is 0 Å². The summed E-state index contributed by atoms with van der Waals surface area (Å²) < 4.78 is 0.941. The number of benzene rings is 3. The molecule has 0 unspecified atom stereocenters. The first-order valence-corrected chi connectivity index (χ1v) is 9.62. The van der Waals surface area contributed by atoms with E-state index >= 15 is 0 Å². The van der Waals surface area contributed by atoms with Gasteiger partial charge in [0.05, 0.1) is 11.2 Å². The lowest BCUT2D eigenvalue weighted by Crippen LogP contribution is -2.30. The summed E-state index contributed by atoms with van der Waals surface area (Å²) in [5, 5.41) is 1.40. The Kier molecular flexibility index (Phi) is 5.23. The van der Waals surface area contributed by atoms with Crippen molar-refractivity contribution in [3.05, 3.63) is 87.9 Å². The molecule has 1 amide bonds. The normalized spacial score (nSPS) is 10.6. The van der Waals surface area contributed by atoms with Crippen molar-refractivity contribution >= 4 is 50.3 Å². The number of fused-ring (bicyclic) bond motifs is 1. The third-order valence-electron chi connectivity index (χ3n) is 4.08. The van der Waals surface area contributed by atoms with Gasteiger partial charge in [-0.1, -0.05) is 63.9 Å². The average molecular weight is 454 g/mol. The summed E-state index contributed by atoms with van der Waals surface area (Å²) >= 11 is 9.44. The molecule has 0 atom stereocenters. The van der Waals surface area contributed by atoms with Gasteiger partial charge in [-0.25, -0.2) is 9.97 Å². The van der Waals surface area contributed by atoms with Gasteiger partial charge in [0, 0.05) is 26.0 Å². The fraction of sp³-hybridized carbons (Fsp3) is 0. The first kappa shape index (κ1) is 18.4. The highest BCUT2D eigenvalue weighted by molar-refractivity contribution is 9.10. The molecule has 0 aliphatic carbocycles. The summed E-state index contributed by atoms with van der Waals surface area (Å²) in [5.41, 5.74) is 8.34. The third kappa shape index (κ3) is 3.98. The first-order valence-electron chi connectivity index (χ1n) is 8.45. The molecule has 0 saturated heterocycles. The molecule has 1 heterocycles. The number of anilines is 1. The molecule has 5 nitrogen and oxygen atoms in total. The van der Waals surface area contributed by atoms with Crippen LogP contribution in [0.5, 0.6) is 0 Å². The highest BCUT2D eigenvalue weighted by Crippen LogP contribution is 2.29. The van der Waals surface area contributed by atoms with Crippen LogP contribution < -0.4 is 10.9 Å². The molecular weight excluding hydrogens is 440 g/mol. The fourth-order valence-corrected chi connectivity index (χ4v) is 3.34. The Bertz CT molecular complexity index is 1170. The minimum absolute atomic E-state index is 0.295. The van der Waals surface area contributed by atoms with Gasteiger partial charge >= 0.3 is 0 Å². The van der Waals surface area contributed by atoms with Crippen molar-refractivity contribution in [2.45, 2.75) is 0 Å². The van der Waals surface area contributed by atoms with Gasteiger partial charge in [-0.05, 0) is 36.4 Å². The number of amides is 1. The quantitative estimate of drug-likeness (QED) is 0.402. The highest BCUT2D eigenvalue weighted by atomic mass is 79.9. The number of halogens is 2. The van der Waals surface area contributed by atoms with Crippen molar-refractivity contribution in [2.75, 3.05) is 5.43 Å². The molecule has 0 saturated carbocycles. The zero-order valence-electron chi connectivity index (χ0n) is 14.5. The highest BCUT2D eigenvalue weighted by Gasteiger charge is 2.12. The molecule has 0 radical (unpaired) electrons. The molecule has 4 rings (SSSR count). The van der Waals surface area contributed by atoms with Crippen molar-refractivity contribution in [3.8, 4) is 11.3 Å². The Hall–Kier alpha value is -2.96. The third-order valence-corrected chi connectivity index (χ3v) is 4.81. The number of nitrogens with one attached hydrogen (secondary N) is 2. The number of hydrogen-bond donors (Lipinski definition) is 2. The van der Waals surface area contributed by atoms with E-state index < -0.39 is 0 Å². The van der Waals surface area contributed by atoms with E-state index in [-0.39, 0.29) is 5.91 Å². The lowest BCUT2D eigenvalue weighted by atomic mass is 10.1. The summed E-state index contributed by atoms with van der Waals surface area (Å²) in [6, 6.07) is 22.3. The summed E-state index contributed by atoms with van der Waals surface area (Å²) in [7, 11) is 0. The Morgan fingerprint density at radius 2 is 1.75 bits per heavy atom. The molecule has 0 aliphatic rings. The maximum atomic E-state index is 12.3. The summed E-state index contributed by atoms with van der Waals surface area (Å²) in [6.45, 7) is 0. The van der Waals surface area contributed by atoms with Crippen molar-refractivity contribution in [1.82, 2.24) is 15.4 Å². The molecule has 3 aromatic carbocycles. The number of carbonyl (C=O) groups excluding carboxylic acids is 1. The first-order chi connectivity index (χ1) is 13.6. The Morgan fingerprint density at radius 1 is 0.929 bits per heavy atom. The van der Waals surface area contributed by atoms with Crippen molar-refractivity contribution in [1.29, 1.82) is 0 Å². The second-order valence-electron chi connectivity index (χ2n) is 6.01. The number of hydrogen-bond acceptors (Lipinski definition) is 4. The molecular formula is C21H14BrClN4O. The summed E-state index contributed by atoms with van der Waals surface area (Å²) in [6.07, 6.45) is 0. The Labute approximate surface area is 174 Å². The molecule has 28 heavy (non-hydrogen) atoms. The summed E-state index contributed by atoms with van der Waals surface area (Å²) in [5.74, 6) is -0.0349. The molecule has 1 aromatic heterocycles. The number of hydrazine groups is 1. The van der Waals surface area contributed by atoms with Gasteiger partial charge in [-0.3, -0.25) is 15.6 Å². The van der Waals surface area contributed by atoms with E-state index in [9.17, 15) is 4.79 Å². The molecule has 0 aliphatic heterocycles. The fourth-order valence-electron chi connectivity index (χ4n) is 2.79. The zero-order chi connectivity index (χ0) is 19.5. The minimum Gasteiger partial charge on any atom is -0.267 e. The number of aromatic nitrogens is 2. The Morgan fingerprint density at radius 3 is 2.54 bits per heavy atom. The molecule has 138 valence electrons. The van der Waals surface area contributed by atoms with Crippen LogP contribution in [0.2, 0.25) is 5.02 Å². The van der Waals surface area contributed by atoms with Crippen LogP contribution in [0.25, 0.3) is 22.2 Å². The van der Waals surface area contributed by atoms with Gasteiger partial charge < -0.3 is 0 Å². The minimum atomic E-state index is -0.330. The number of nitrogens with zero attached hydrogens (tertiary/aromatic N) is 2. The monoisotopic (exact) mass is 452 g/mol. The SMILES string of the molecule is O=C(NNc1nc(-c2ccccc2)c2cc(Br)ccc2n1)c1cccc(Cl)c1. The van der Waals surface area contributed by atoms with Crippen molar-refractivity contribution in [2.24, 2.45) is 0 Å². The lowest BCUT2D eigenvalue weighted by molar-refractivity contribution is 0.0962. The van der Waals surface area contributed by atoms with E-state index in [1.165, 1.54) is 0 Å². The lowest BCUT2D eigenvalue weighted by Gasteiger charge is -2.12. The van der Waals surface area contributed by atoms with Crippen molar-refractivity contribution < 1.29 is 4.79 Å². The second-order valence-corrected chi connectivity index (χ2v) is 7.36.